The molecule has 0 unspecified atom stereocenters. The normalized spacial score (nSPS) is 23.5. The first-order valence-corrected chi connectivity index (χ1v) is 8.06. The molecule has 1 N–H and O–H groups in total. The van der Waals surface area contributed by atoms with Gasteiger partial charge in [-0.15, -0.1) is 0 Å². The van der Waals surface area contributed by atoms with Crippen molar-refractivity contribution in [1.82, 2.24) is 4.90 Å². The number of aliphatic hydroxyl groups excluding tert-OH is 1. The summed E-state index contributed by atoms with van der Waals surface area (Å²) in [7, 11) is 0. The molecule has 1 aliphatic carbocycles. The van der Waals surface area contributed by atoms with Gasteiger partial charge in [-0.25, -0.2) is 4.79 Å². The standard InChI is InChI=1S/C18H25NO3/c1-17(2,3)22-16(21)19-10-8-18(9-11-19)14-7-5-4-6-13(14)12-15(18)20/h4-7,15,20H,8-12H2,1-3H3/t15-/m1/s1. The summed E-state index contributed by atoms with van der Waals surface area (Å²) in [6, 6.07) is 8.31. The van der Waals surface area contributed by atoms with Crippen LogP contribution in [0.1, 0.15) is 44.7 Å². The first-order chi connectivity index (χ1) is 10.3. The van der Waals surface area contributed by atoms with Crippen molar-refractivity contribution in [2.75, 3.05) is 13.1 Å². The van der Waals surface area contributed by atoms with E-state index in [-0.39, 0.29) is 17.6 Å². The van der Waals surface area contributed by atoms with Crippen LogP contribution in [0.3, 0.4) is 0 Å². The van der Waals surface area contributed by atoms with Gasteiger partial charge in [0, 0.05) is 18.5 Å². The Labute approximate surface area is 132 Å². The van der Waals surface area contributed by atoms with E-state index in [1.54, 1.807) is 4.90 Å². The molecule has 2 aliphatic rings. The number of carbonyl (C=O) groups excluding carboxylic acids is 1. The summed E-state index contributed by atoms with van der Waals surface area (Å²) in [4.78, 5) is 14.0. The topological polar surface area (TPSA) is 49.8 Å². The van der Waals surface area contributed by atoms with Crippen LogP contribution in [0.4, 0.5) is 4.79 Å². The molecule has 1 amide bonds. The maximum absolute atomic E-state index is 12.2. The van der Waals surface area contributed by atoms with Crippen LogP contribution >= 0.6 is 0 Å². The number of hydrogen-bond acceptors (Lipinski definition) is 3. The minimum atomic E-state index is -0.467. The number of likely N-dealkylation sites (tertiary alicyclic amines) is 1. The Morgan fingerprint density at radius 3 is 2.55 bits per heavy atom. The van der Waals surface area contributed by atoms with Gasteiger partial charge < -0.3 is 14.7 Å². The van der Waals surface area contributed by atoms with E-state index in [2.05, 4.69) is 12.1 Å². The monoisotopic (exact) mass is 303 g/mol. The molecular weight excluding hydrogens is 278 g/mol. The zero-order valence-electron chi connectivity index (χ0n) is 13.6. The van der Waals surface area contributed by atoms with Gasteiger partial charge in [-0.1, -0.05) is 24.3 Å². The van der Waals surface area contributed by atoms with Crippen molar-refractivity contribution in [3.63, 3.8) is 0 Å². The van der Waals surface area contributed by atoms with Crippen molar-refractivity contribution >= 4 is 6.09 Å². The highest BCUT2D eigenvalue weighted by Gasteiger charge is 2.48. The summed E-state index contributed by atoms with van der Waals surface area (Å²) < 4.78 is 5.45. The first kappa shape index (κ1) is 15.3. The third-order valence-corrected chi connectivity index (χ3v) is 4.91. The van der Waals surface area contributed by atoms with Crippen molar-refractivity contribution in [2.24, 2.45) is 0 Å². The lowest BCUT2D eigenvalue weighted by Gasteiger charge is -2.42. The summed E-state index contributed by atoms with van der Waals surface area (Å²) in [6.07, 6.45) is 1.73. The van der Waals surface area contributed by atoms with Crippen molar-refractivity contribution in [2.45, 2.75) is 57.2 Å². The fourth-order valence-electron chi connectivity index (χ4n) is 3.78. The molecule has 0 saturated carbocycles. The van der Waals surface area contributed by atoms with E-state index in [4.69, 9.17) is 4.74 Å². The van der Waals surface area contributed by atoms with Crippen LogP contribution in [0.25, 0.3) is 0 Å². The molecule has 22 heavy (non-hydrogen) atoms. The summed E-state index contributed by atoms with van der Waals surface area (Å²) in [5.41, 5.74) is 1.87. The number of ether oxygens (including phenoxy) is 1. The fraction of sp³-hybridized carbons (Fsp3) is 0.611. The zero-order valence-corrected chi connectivity index (χ0v) is 13.6. The van der Waals surface area contributed by atoms with Crippen LogP contribution in [0.5, 0.6) is 0 Å². The molecule has 1 spiro atoms. The highest BCUT2D eigenvalue weighted by Crippen LogP contribution is 2.46. The quantitative estimate of drug-likeness (QED) is 0.802. The van der Waals surface area contributed by atoms with Gasteiger partial charge in [-0.05, 0) is 51.2 Å². The second kappa shape index (κ2) is 5.27. The molecule has 4 nitrogen and oxygen atoms in total. The molecule has 1 fully saturated rings. The van der Waals surface area contributed by atoms with Gasteiger partial charge in [-0.3, -0.25) is 0 Å². The minimum absolute atomic E-state index is 0.185. The number of fused-ring (bicyclic) bond motifs is 2. The van der Waals surface area contributed by atoms with E-state index < -0.39 is 5.60 Å². The Morgan fingerprint density at radius 1 is 1.27 bits per heavy atom. The van der Waals surface area contributed by atoms with Crippen LogP contribution in [-0.2, 0) is 16.6 Å². The van der Waals surface area contributed by atoms with E-state index in [0.29, 0.717) is 13.1 Å². The number of carbonyl (C=O) groups is 1. The van der Waals surface area contributed by atoms with Crippen molar-refractivity contribution in [3.05, 3.63) is 35.4 Å². The molecule has 1 atom stereocenters. The lowest BCUT2D eigenvalue weighted by molar-refractivity contribution is 0.00279. The molecular formula is C18H25NO3. The summed E-state index contributed by atoms with van der Waals surface area (Å²) in [5.74, 6) is 0. The van der Waals surface area contributed by atoms with E-state index in [1.165, 1.54) is 11.1 Å². The maximum atomic E-state index is 12.2. The molecule has 1 saturated heterocycles. The predicted molar refractivity (Wildman–Crippen MR) is 84.9 cm³/mol. The van der Waals surface area contributed by atoms with Gasteiger partial charge in [0.15, 0.2) is 0 Å². The molecule has 120 valence electrons. The van der Waals surface area contributed by atoms with Gasteiger partial charge in [0.1, 0.15) is 5.60 Å². The Bertz CT molecular complexity index is 568. The predicted octanol–water partition coefficient (Wildman–Crippen LogP) is 2.87. The third kappa shape index (κ3) is 2.60. The molecule has 3 rings (SSSR count). The lowest BCUT2D eigenvalue weighted by atomic mass is 9.72. The number of rotatable bonds is 0. The van der Waals surface area contributed by atoms with Crippen LogP contribution in [-0.4, -0.2) is 40.9 Å². The van der Waals surface area contributed by atoms with Crippen molar-refractivity contribution in [3.8, 4) is 0 Å². The third-order valence-electron chi connectivity index (χ3n) is 4.91. The van der Waals surface area contributed by atoms with Crippen molar-refractivity contribution < 1.29 is 14.6 Å². The Hall–Kier alpha value is -1.55. The second-order valence-electron chi connectivity index (χ2n) is 7.50. The molecule has 1 aromatic rings. The fourth-order valence-corrected chi connectivity index (χ4v) is 3.78. The van der Waals surface area contributed by atoms with Gasteiger partial charge in [0.25, 0.3) is 0 Å². The molecule has 1 aliphatic heterocycles. The molecule has 1 heterocycles. The minimum Gasteiger partial charge on any atom is -0.444 e. The van der Waals surface area contributed by atoms with E-state index in [9.17, 15) is 9.90 Å². The Morgan fingerprint density at radius 2 is 1.91 bits per heavy atom. The molecule has 0 aromatic heterocycles. The molecule has 1 aromatic carbocycles. The average Bonchev–Trinajstić information content (AvgIpc) is 2.71. The molecule has 0 bridgehead atoms. The average molecular weight is 303 g/mol. The highest BCUT2D eigenvalue weighted by molar-refractivity contribution is 5.68. The Kier molecular flexibility index (Phi) is 3.68. The molecule has 4 heteroatoms. The lowest BCUT2D eigenvalue weighted by Crippen LogP contribution is -2.50. The van der Waals surface area contributed by atoms with Crippen LogP contribution in [0.15, 0.2) is 24.3 Å². The van der Waals surface area contributed by atoms with E-state index >= 15 is 0 Å². The number of aliphatic hydroxyl groups is 1. The number of benzene rings is 1. The molecule has 0 radical (unpaired) electrons. The second-order valence-corrected chi connectivity index (χ2v) is 7.50. The highest BCUT2D eigenvalue weighted by atomic mass is 16.6. The number of hydrogen-bond donors (Lipinski definition) is 1. The van der Waals surface area contributed by atoms with Crippen molar-refractivity contribution in [1.29, 1.82) is 0 Å². The smallest absolute Gasteiger partial charge is 0.410 e. The van der Waals surface area contributed by atoms with Gasteiger partial charge in [0.05, 0.1) is 6.10 Å². The zero-order chi connectivity index (χ0) is 16.0. The summed E-state index contributed by atoms with van der Waals surface area (Å²) in [6.45, 7) is 6.93. The summed E-state index contributed by atoms with van der Waals surface area (Å²) in [5, 5.41) is 10.6. The first-order valence-electron chi connectivity index (χ1n) is 8.06. The van der Waals surface area contributed by atoms with Crippen LogP contribution in [0.2, 0.25) is 0 Å². The maximum Gasteiger partial charge on any atom is 0.410 e. The Balaban J connectivity index is 1.73. The van der Waals surface area contributed by atoms with E-state index in [1.807, 2.05) is 32.9 Å². The SMILES string of the molecule is CC(C)(C)OC(=O)N1CCC2(CC1)c1ccccc1C[C@H]2O. The number of piperidine rings is 1. The number of nitrogens with zero attached hydrogens (tertiary/aromatic N) is 1. The van der Waals surface area contributed by atoms with Gasteiger partial charge in [0.2, 0.25) is 0 Å². The van der Waals surface area contributed by atoms with Gasteiger partial charge in [-0.2, -0.15) is 0 Å². The van der Waals surface area contributed by atoms with E-state index in [0.717, 1.165) is 19.3 Å². The largest absolute Gasteiger partial charge is 0.444 e. The van der Waals surface area contributed by atoms with Gasteiger partial charge >= 0.3 is 6.09 Å². The van der Waals surface area contributed by atoms with Crippen LogP contribution < -0.4 is 0 Å². The summed E-state index contributed by atoms with van der Waals surface area (Å²) >= 11 is 0. The number of amides is 1. The van der Waals surface area contributed by atoms with Crippen LogP contribution in [0, 0.1) is 0 Å².